The molecule has 1 atom stereocenters. The van der Waals surface area contributed by atoms with E-state index in [2.05, 4.69) is 41.9 Å². The normalized spacial score (nSPS) is 18.4. The average Bonchev–Trinajstić information content (AvgIpc) is 3.68. The Kier molecular flexibility index (Phi) is 12.9. The fourth-order valence-electron chi connectivity index (χ4n) is 6.56. The van der Waals surface area contributed by atoms with Crippen LogP contribution in [0.3, 0.4) is 0 Å². The summed E-state index contributed by atoms with van der Waals surface area (Å²) < 4.78 is 0. The molecule has 1 saturated heterocycles. The maximum Gasteiger partial charge on any atom is 0.251 e. The first kappa shape index (κ1) is 36.9. The van der Waals surface area contributed by atoms with E-state index in [0.717, 1.165) is 73.9 Å². The second-order valence-corrected chi connectivity index (χ2v) is 13.3. The molecule has 3 aromatic carbocycles. The molecule has 0 spiro atoms. The number of aromatic nitrogens is 4. The maximum absolute atomic E-state index is 13.7. The van der Waals surface area contributed by atoms with Gasteiger partial charge in [-0.2, -0.15) is 5.21 Å². The van der Waals surface area contributed by atoms with Gasteiger partial charge in [-0.1, -0.05) is 41.9 Å². The largest absolute Gasteiger partial charge is 0.349 e. The van der Waals surface area contributed by atoms with Crippen LogP contribution < -0.4 is 27.0 Å². The van der Waals surface area contributed by atoms with Crippen molar-refractivity contribution in [2.75, 3.05) is 25.0 Å². The maximum atomic E-state index is 13.7. The van der Waals surface area contributed by atoms with E-state index in [9.17, 15) is 14.4 Å². The number of aromatic amines is 1. The van der Waals surface area contributed by atoms with Crippen LogP contribution >= 0.6 is 24.0 Å². The average molecular weight is 721 g/mol. The van der Waals surface area contributed by atoms with Crippen LogP contribution in [-0.2, 0) is 16.0 Å². The third-order valence-corrected chi connectivity index (χ3v) is 9.86. The quantitative estimate of drug-likeness (QED) is 0.131. The summed E-state index contributed by atoms with van der Waals surface area (Å²) in [6.45, 7) is 2.42. The van der Waals surface area contributed by atoms with E-state index in [1.807, 2.05) is 30.3 Å². The van der Waals surface area contributed by atoms with E-state index in [1.165, 1.54) is 0 Å². The zero-order chi connectivity index (χ0) is 34.2. The van der Waals surface area contributed by atoms with E-state index in [1.54, 1.807) is 36.4 Å². The molecule has 2 heterocycles. The van der Waals surface area contributed by atoms with Gasteiger partial charge in [0, 0.05) is 45.8 Å². The number of H-pyrrole nitrogens is 1. The SMILES string of the molecule is Cl.NCC1CCC(C(=O)N[C@@H](Cc2ccc(-c3ccc(C(=O)NC4CCNCC4)cc3Cl)cc2)C(=O)Nc2ccc(-c3nn[nH]n3)cc2)CC1. The molecule has 7 N–H and O–H groups in total. The van der Waals surface area contributed by atoms with Crippen LogP contribution in [0.5, 0.6) is 0 Å². The lowest BCUT2D eigenvalue weighted by Gasteiger charge is -2.28. The van der Waals surface area contributed by atoms with Crippen molar-refractivity contribution in [3.05, 3.63) is 82.9 Å². The lowest BCUT2D eigenvalue weighted by Crippen LogP contribution is -2.48. The highest BCUT2D eigenvalue weighted by atomic mass is 35.5. The number of carbonyl (C=O) groups excluding carboxylic acids is 3. The van der Waals surface area contributed by atoms with Crippen LogP contribution in [0.4, 0.5) is 5.69 Å². The summed E-state index contributed by atoms with van der Waals surface area (Å²) in [5.41, 5.74) is 10.3. The topological polar surface area (TPSA) is 180 Å². The second-order valence-electron chi connectivity index (χ2n) is 12.9. The molecule has 3 amide bonds. The summed E-state index contributed by atoms with van der Waals surface area (Å²) in [5, 5.41) is 26.9. The second kappa shape index (κ2) is 17.5. The number of halogens is 2. The molecule has 0 radical (unpaired) electrons. The number of nitrogens with two attached hydrogens (primary N) is 1. The Hall–Kier alpha value is -4.36. The van der Waals surface area contributed by atoms with Gasteiger partial charge in [0.05, 0.1) is 0 Å². The Morgan fingerprint density at radius 2 is 1.60 bits per heavy atom. The van der Waals surface area contributed by atoms with Crippen molar-refractivity contribution >= 4 is 47.4 Å². The molecule has 1 aliphatic carbocycles. The Labute approximate surface area is 302 Å². The first-order valence-electron chi connectivity index (χ1n) is 16.9. The van der Waals surface area contributed by atoms with E-state index in [0.29, 0.717) is 41.0 Å². The fourth-order valence-corrected chi connectivity index (χ4v) is 6.85. The van der Waals surface area contributed by atoms with Gasteiger partial charge in [0.1, 0.15) is 6.04 Å². The van der Waals surface area contributed by atoms with Gasteiger partial charge in [-0.05, 0) is 117 Å². The summed E-state index contributed by atoms with van der Waals surface area (Å²) in [6.07, 6.45) is 5.43. The molecule has 1 aromatic heterocycles. The molecule has 6 rings (SSSR count). The van der Waals surface area contributed by atoms with Crippen molar-refractivity contribution in [2.24, 2.45) is 17.6 Å². The summed E-state index contributed by atoms with van der Waals surface area (Å²) in [7, 11) is 0. The monoisotopic (exact) mass is 719 g/mol. The van der Waals surface area contributed by atoms with E-state index in [-0.39, 0.29) is 42.1 Å². The van der Waals surface area contributed by atoms with Crippen molar-refractivity contribution in [1.82, 2.24) is 36.6 Å². The Balaban J connectivity index is 0.00000486. The van der Waals surface area contributed by atoms with Crippen molar-refractivity contribution in [3.63, 3.8) is 0 Å². The summed E-state index contributed by atoms with van der Waals surface area (Å²) in [6, 6.07) is 19.5. The molecule has 12 nitrogen and oxygen atoms in total. The van der Waals surface area contributed by atoms with Gasteiger partial charge in [0.2, 0.25) is 17.6 Å². The molecular weight excluding hydrogens is 677 g/mol. The lowest BCUT2D eigenvalue weighted by atomic mass is 9.81. The number of nitrogens with zero attached hydrogens (tertiary/aromatic N) is 3. The zero-order valence-electron chi connectivity index (χ0n) is 27.7. The van der Waals surface area contributed by atoms with Crippen molar-refractivity contribution < 1.29 is 14.4 Å². The number of amides is 3. The van der Waals surface area contributed by atoms with Crippen LogP contribution in [0.2, 0.25) is 5.02 Å². The highest BCUT2D eigenvalue weighted by Gasteiger charge is 2.29. The summed E-state index contributed by atoms with van der Waals surface area (Å²) in [5.74, 6) is 0.181. The number of hydrogen-bond acceptors (Lipinski definition) is 8. The van der Waals surface area contributed by atoms with Crippen LogP contribution in [0, 0.1) is 11.8 Å². The molecule has 2 fully saturated rings. The van der Waals surface area contributed by atoms with Gasteiger partial charge in [0.15, 0.2) is 0 Å². The number of hydrogen-bond donors (Lipinski definition) is 6. The summed E-state index contributed by atoms with van der Waals surface area (Å²) in [4.78, 5) is 39.9. The third-order valence-electron chi connectivity index (χ3n) is 9.55. The predicted octanol–water partition coefficient (Wildman–Crippen LogP) is 4.52. The van der Waals surface area contributed by atoms with Crippen molar-refractivity contribution in [1.29, 1.82) is 0 Å². The minimum atomic E-state index is -0.802. The van der Waals surface area contributed by atoms with Gasteiger partial charge in [0.25, 0.3) is 5.91 Å². The first-order chi connectivity index (χ1) is 23.9. The number of piperidine rings is 1. The smallest absolute Gasteiger partial charge is 0.251 e. The van der Waals surface area contributed by atoms with Gasteiger partial charge < -0.3 is 27.0 Å². The number of carbonyl (C=O) groups is 3. The molecule has 4 aromatic rings. The van der Waals surface area contributed by atoms with Gasteiger partial charge >= 0.3 is 0 Å². The Morgan fingerprint density at radius 1 is 0.900 bits per heavy atom. The van der Waals surface area contributed by atoms with Gasteiger partial charge in [-0.3, -0.25) is 14.4 Å². The molecule has 0 bridgehead atoms. The number of tetrazole rings is 1. The van der Waals surface area contributed by atoms with Crippen LogP contribution in [0.1, 0.15) is 54.4 Å². The van der Waals surface area contributed by atoms with E-state index < -0.39 is 6.04 Å². The van der Waals surface area contributed by atoms with Gasteiger partial charge in [-0.15, -0.1) is 22.6 Å². The summed E-state index contributed by atoms with van der Waals surface area (Å²) >= 11 is 6.67. The van der Waals surface area contributed by atoms with Crippen LogP contribution in [0.15, 0.2) is 66.7 Å². The lowest BCUT2D eigenvalue weighted by molar-refractivity contribution is -0.130. The highest BCUT2D eigenvalue weighted by molar-refractivity contribution is 6.33. The fraction of sp³-hybridized carbons (Fsp3) is 0.389. The Morgan fingerprint density at radius 3 is 2.24 bits per heavy atom. The van der Waals surface area contributed by atoms with Crippen LogP contribution in [0.25, 0.3) is 22.5 Å². The Bertz CT molecular complexity index is 1720. The molecule has 0 unspecified atom stereocenters. The first-order valence-corrected chi connectivity index (χ1v) is 17.3. The van der Waals surface area contributed by atoms with Gasteiger partial charge in [-0.25, -0.2) is 0 Å². The highest BCUT2D eigenvalue weighted by Crippen LogP contribution is 2.30. The number of nitrogens with one attached hydrogen (secondary N) is 5. The molecule has 2 aliphatic rings. The third kappa shape index (κ3) is 9.45. The number of anilines is 1. The molecule has 264 valence electrons. The van der Waals surface area contributed by atoms with Crippen LogP contribution in [-0.4, -0.2) is 70.1 Å². The molecule has 14 heteroatoms. The van der Waals surface area contributed by atoms with Crippen molar-refractivity contribution in [2.45, 2.75) is 57.0 Å². The molecule has 1 saturated carbocycles. The number of benzene rings is 3. The minimum absolute atomic E-state index is 0. The van der Waals surface area contributed by atoms with Crippen molar-refractivity contribution in [3.8, 4) is 22.5 Å². The zero-order valence-corrected chi connectivity index (χ0v) is 29.2. The number of rotatable bonds is 11. The molecule has 1 aliphatic heterocycles. The standard InChI is InChI=1S/C36H42ClN9O3.ClH/c37-31-20-27(35(48)40-29-15-17-39-18-16-29)11-14-30(31)24-5-1-22(2-6-24)19-32(42-34(47)26-7-3-23(21-38)4-8-26)36(49)41-28-12-9-25(10-13-28)33-43-45-46-44-33;/h1-2,5-6,9-14,20,23,26,29,32,39H,3-4,7-8,15-19,21,38H2,(H,40,48)(H,41,49)(H,42,47)(H,43,44,45,46);1H/t23?,26?,32-;/m0./s1. The van der Waals surface area contributed by atoms with E-state index >= 15 is 0 Å². The van der Waals surface area contributed by atoms with E-state index in [4.69, 9.17) is 17.3 Å². The predicted molar refractivity (Wildman–Crippen MR) is 196 cm³/mol. The molecular formula is C36H43Cl2N9O3. The minimum Gasteiger partial charge on any atom is -0.349 e. The molecule has 50 heavy (non-hydrogen) atoms.